The van der Waals surface area contributed by atoms with E-state index in [1.165, 1.54) is 6.26 Å². The molecule has 2 heterocycles. The number of rotatable bonds is 5. The molecule has 1 N–H and O–H groups in total. The fourth-order valence-electron chi connectivity index (χ4n) is 2.48. The van der Waals surface area contributed by atoms with Crippen molar-refractivity contribution in [1.82, 2.24) is 15.5 Å². The maximum atomic E-state index is 12.2. The Morgan fingerprint density at radius 2 is 1.65 bits per heavy atom. The van der Waals surface area contributed by atoms with Crippen LogP contribution in [0.4, 0.5) is 0 Å². The molecule has 0 unspecified atom stereocenters. The third-order valence-corrected chi connectivity index (χ3v) is 3.80. The lowest BCUT2D eigenvalue weighted by atomic mass is 10.1. The van der Waals surface area contributed by atoms with E-state index in [4.69, 9.17) is 8.94 Å². The van der Waals surface area contributed by atoms with Gasteiger partial charge in [0, 0.05) is 17.2 Å². The average molecular weight is 345 g/mol. The van der Waals surface area contributed by atoms with Crippen LogP contribution in [0.25, 0.3) is 22.8 Å². The second-order valence-corrected chi connectivity index (χ2v) is 5.64. The fraction of sp³-hybridized carbons (Fsp3) is 0.0500. The summed E-state index contributed by atoms with van der Waals surface area (Å²) in [6, 6.07) is 20.7. The first-order valence-corrected chi connectivity index (χ1v) is 8.10. The van der Waals surface area contributed by atoms with Gasteiger partial charge < -0.3 is 14.3 Å². The largest absolute Gasteiger partial charge is 0.444 e. The number of nitrogens with zero attached hydrogens (tertiary/aromatic N) is 2. The normalized spacial score (nSPS) is 10.6. The molecule has 6 nitrogen and oxygen atoms in total. The Kier molecular flexibility index (Phi) is 4.30. The van der Waals surface area contributed by atoms with Crippen molar-refractivity contribution in [2.24, 2.45) is 0 Å². The molecule has 0 saturated carbocycles. The summed E-state index contributed by atoms with van der Waals surface area (Å²) in [5.74, 6) is 0.728. The van der Waals surface area contributed by atoms with Gasteiger partial charge in [0.25, 0.3) is 5.91 Å². The van der Waals surface area contributed by atoms with Gasteiger partial charge in [0.1, 0.15) is 6.26 Å². The van der Waals surface area contributed by atoms with Crippen molar-refractivity contribution in [2.45, 2.75) is 6.54 Å². The highest BCUT2D eigenvalue weighted by Gasteiger charge is 2.14. The third kappa shape index (κ3) is 3.39. The number of amides is 1. The summed E-state index contributed by atoms with van der Waals surface area (Å²) < 4.78 is 10.7. The maximum Gasteiger partial charge on any atom is 0.273 e. The van der Waals surface area contributed by atoms with Gasteiger partial charge in [0.2, 0.25) is 5.89 Å². The molecule has 2 aromatic heterocycles. The monoisotopic (exact) mass is 345 g/mol. The molecule has 4 aromatic rings. The van der Waals surface area contributed by atoms with Crippen LogP contribution in [0.2, 0.25) is 0 Å². The Balaban J connectivity index is 1.40. The molecule has 128 valence electrons. The lowest BCUT2D eigenvalue weighted by molar-refractivity contribution is 0.0941. The maximum absolute atomic E-state index is 12.2. The van der Waals surface area contributed by atoms with Gasteiger partial charge in [-0.3, -0.25) is 4.79 Å². The molecule has 0 aliphatic rings. The van der Waals surface area contributed by atoms with Crippen molar-refractivity contribution in [3.63, 3.8) is 0 Å². The Morgan fingerprint density at radius 1 is 0.962 bits per heavy atom. The van der Waals surface area contributed by atoms with Gasteiger partial charge in [0.15, 0.2) is 11.5 Å². The zero-order valence-electron chi connectivity index (χ0n) is 13.8. The number of oxazole rings is 1. The topological polar surface area (TPSA) is 81.2 Å². The molecule has 0 aliphatic carbocycles. The number of hydrogen-bond acceptors (Lipinski definition) is 5. The van der Waals surface area contributed by atoms with Gasteiger partial charge in [-0.15, -0.1) is 0 Å². The van der Waals surface area contributed by atoms with E-state index >= 15 is 0 Å². The highest BCUT2D eigenvalue weighted by molar-refractivity contribution is 5.93. The van der Waals surface area contributed by atoms with Crippen LogP contribution >= 0.6 is 0 Å². The molecule has 2 aromatic carbocycles. The molecule has 0 radical (unpaired) electrons. The number of hydrogen-bond donors (Lipinski definition) is 1. The van der Waals surface area contributed by atoms with Crippen LogP contribution in [0.15, 0.2) is 81.9 Å². The number of carbonyl (C=O) groups excluding carboxylic acids is 1. The zero-order valence-corrected chi connectivity index (χ0v) is 13.8. The van der Waals surface area contributed by atoms with Crippen molar-refractivity contribution < 1.29 is 13.7 Å². The second kappa shape index (κ2) is 7.06. The Labute approximate surface area is 149 Å². The highest BCUT2D eigenvalue weighted by Crippen LogP contribution is 2.20. The van der Waals surface area contributed by atoms with Crippen molar-refractivity contribution in [3.05, 3.63) is 84.4 Å². The van der Waals surface area contributed by atoms with Crippen molar-refractivity contribution in [2.75, 3.05) is 0 Å². The summed E-state index contributed by atoms with van der Waals surface area (Å²) in [5, 5.41) is 6.59. The van der Waals surface area contributed by atoms with E-state index in [0.717, 1.165) is 11.1 Å². The Morgan fingerprint density at radius 3 is 2.38 bits per heavy atom. The van der Waals surface area contributed by atoms with E-state index in [1.54, 1.807) is 6.07 Å². The van der Waals surface area contributed by atoms with Crippen molar-refractivity contribution in [1.29, 1.82) is 0 Å². The second-order valence-electron chi connectivity index (χ2n) is 5.64. The van der Waals surface area contributed by atoms with Gasteiger partial charge in [0.05, 0.1) is 12.2 Å². The molecule has 26 heavy (non-hydrogen) atoms. The first kappa shape index (κ1) is 15.8. The summed E-state index contributed by atoms with van der Waals surface area (Å²) in [7, 11) is 0. The molecule has 1 amide bonds. The van der Waals surface area contributed by atoms with Crippen LogP contribution in [0.5, 0.6) is 0 Å². The van der Waals surface area contributed by atoms with E-state index in [1.807, 2.05) is 60.7 Å². The fourth-order valence-corrected chi connectivity index (χ4v) is 2.48. The van der Waals surface area contributed by atoms with Crippen LogP contribution in [-0.2, 0) is 6.54 Å². The van der Waals surface area contributed by atoms with E-state index < -0.39 is 0 Å². The van der Waals surface area contributed by atoms with Gasteiger partial charge in [-0.25, -0.2) is 4.98 Å². The average Bonchev–Trinajstić information content (AvgIpc) is 3.37. The predicted octanol–water partition coefficient (Wildman–Crippen LogP) is 3.93. The molecular weight excluding hydrogens is 330 g/mol. The van der Waals surface area contributed by atoms with E-state index in [-0.39, 0.29) is 18.1 Å². The summed E-state index contributed by atoms with van der Waals surface area (Å²) in [5.41, 5.74) is 2.59. The van der Waals surface area contributed by atoms with Crippen molar-refractivity contribution >= 4 is 5.91 Å². The molecule has 0 atom stereocenters. The van der Waals surface area contributed by atoms with Crippen LogP contribution < -0.4 is 5.32 Å². The standard InChI is InChI=1S/C20H15N3O3/c24-19(17-11-18(26-23-17)14-7-3-1-4-8-14)21-12-16-13-25-20(22-16)15-9-5-2-6-10-15/h1-11,13H,12H2,(H,21,24). The van der Waals surface area contributed by atoms with Gasteiger partial charge in [-0.2, -0.15) is 0 Å². The molecule has 4 rings (SSSR count). The summed E-state index contributed by atoms with van der Waals surface area (Å²) >= 11 is 0. The lowest BCUT2D eigenvalue weighted by Crippen LogP contribution is -2.23. The van der Waals surface area contributed by atoms with E-state index in [0.29, 0.717) is 17.3 Å². The Bertz CT molecular complexity index is 1010. The zero-order chi connectivity index (χ0) is 17.8. The first-order chi connectivity index (χ1) is 12.8. The van der Waals surface area contributed by atoms with E-state index in [2.05, 4.69) is 15.5 Å². The van der Waals surface area contributed by atoms with Gasteiger partial charge in [-0.1, -0.05) is 53.7 Å². The molecule has 0 bridgehead atoms. The summed E-state index contributed by atoms with van der Waals surface area (Å²) in [6.07, 6.45) is 1.53. The number of carbonyl (C=O) groups is 1. The van der Waals surface area contributed by atoms with E-state index in [9.17, 15) is 4.79 Å². The van der Waals surface area contributed by atoms with Gasteiger partial charge in [-0.05, 0) is 12.1 Å². The lowest BCUT2D eigenvalue weighted by Gasteiger charge is -1.98. The molecule has 0 fully saturated rings. The minimum atomic E-state index is -0.333. The number of nitrogens with one attached hydrogen (secondary N) is 1. The van der Waals surface area contributed by atoms with Crippen LogP contribution in [0.3, 0.4) is 0 Å². The Hall–Kier alpha value is -3.67. The van der Waals surface area contributed by atoms with Crippen LogP contribution in [0.1, 0.15) is 16.2 Å². The van der Waals surface area contributed by atoms with Crippen molar-refractivity contribution in [3.8, 4) is 22.8 Å². The summed E-state index contributed by atoms with van der Waals surface area (Å²) in [4.78, 5) is 16.6. The molecular formula is C20H15N3O3. The SMILES string of the molecule is O=C(NCc1coc(-c2ccccc2)n1)c1cc(-c2ccccc2)on1. The number of aromatic nitrogens is 2. The molecule has 0 aliphatic heterocycles. The molecule has 0 spiro atoms. The third-order valence-electron chi connectivity index (χ3n) is 3.80. The smallest absolute Gasteiger partial charge is 0.273 e. The van der Waals surface area contributed by atoms with Crippen LogP contribution in [0, 0.1) is 0 Å². The predicted molar refractivity (Wildman–Crippen MR) is 95.0 cm³/mol. The molecule has 0 saturated heterocycles. The van der Waals surface area contributed by atoms with Crippen LogP contribution in [-0.4, -0.2) is 16.0 Å². The van der Waals surface area contributed by atoms with Gasteiger partial charge >= 0.3 is 0 Å². The number of benzene rings is 2. The minimum absolute atomic E-state index is 0.218. The quantitative estimate of drug-likeness (QED) is 0.593. The minimum Gasteiger partial charge on any atom is -0.444 e. The highest BCUT2D eigenvalue weighted by atomic mass is 16.5. The first-order valence-electron chi connectivity index (χ1n) is 8.10. The summed E-state index contributed by atoms with van der Waals surface area (Å²) in [6.45, 7) is 0.239. The molecule has 6 heteroatoms.